The molecular formula is C31H36N2SSi2. The van der Waals surface area contributed by atoms with Gasteiger partial charge in [0.25, 0.3) is 0 Å². The summed E-state index contributed by atoms with van der Waals surface area (Å²) >= 11 is 1.86. The maximum atomic E-state index is 4.87. The molecule has 0 atom stereocenters. The highest BCUT2D eigenvalue weighted by molar-refractivity contribution is 7.23. The summed E-state index contributed by atoms with van der Waals surface area (Å²) in [5.74, 6) is 0. The van der Waals surface area contributed by atoms with Gasteiger partial charge in [-0.15, -0.1) is 11.3 Å². The molecule has 0 aliphatic carbocycles. The molecule has 0 radical (unpaired) electrons. The molecule has 0 unspecified atom stereocenters. The van der Waals surface area contributed by atoms with E-state index >= 15 is 0 Å². The quantitative estimate of drug-likeness (QED) is 0.221. The van der Waals surface area contributed by atoms with Crippen LogP contribution in [0.25, 0.3) is 42.7 Å². The first-order valence-electron chi connectivity index (χ1n) is 12.8. The van der Waals surface area contributed by atoms with Crippen LogP contribution in [0.15, 0.2) is 54.9 Å². The topological polar surface area (TPSA) is 25.8 Å². The van der Waals surface area contributed by atoms with Gasteiger partial charge in [-0.25, -0.2) is 9.97 Å². The molecule has 0 fully saturated rings. The minimum absolute atomic E-state index is 1.05. The SMILES string of the molecule is Cc1cc([Si](C)(C)C)cc(C)c1-c1sc2c(-c3cc([Si](C)(C)C)c4ccccc4c3)ncnc2c1C. The van der Waals surface area contributed by atoms with Gasteiger partial charge >= 0.3 is 0 Å². The third-order valence-electron chi connectivity index (χ3n) is 7.27. The summed E-state index contributed by atoms with van der Waals surface area (Å²) in [5, 5.41) is 5.68. The molecule has 0 spiro atoms. The largest absolute Gasteiger partial charge is 0.235 e. The zero-order valence-corrected chi connectivity index (χ0v) is 25.8. The van der Waals surface area contributed by atoms with Crippen molar-refractivity contribution in [1.29, 1.82) is 0 Å². The number of aryl methyl sites for hydroxylation is 3. The van der Waals surface area contributed by atoms with Crippen LogP contribution in [0.3, 0.4) is 0 Å². The van der Waals surface area contributed by atoms with Gasteiger partial charge in [0.15, 0.2) is 0 Å². The van der Waals surface area contributed by atoms with E-state index in [1.165, 1.54) is 58.5 Å². The van der Waals surface area contributed by atoms with Gasteiger partial charge in [-0.05, 0) is 59.9 Å². The highest BCUT2D eigenvalue weighted by atomic mass is 32.1. The number of hydrogen-bond donors (Lipinski definition) is 0. The summed E-state index contributed by atoms with van der Waals surface area (Å²) in [6.45, 7) is 21.3. The molecule has 5 heteroatoms. The molecule has 0 bridgehead atoms. The Balaban J connectivity index is 1.76. The van der Waals surface area contributed by atoms with Gasteiger partial charge < -0.3 is 0 Å². The summed E-state index contributed by atoms with van der Waals surface area (Å²) in [5.41, 5.74) is 8.69. The molecule has 0 aliphatic rings. The second kappa shape index (κ2) is 8.75. The average molecular weight is 525 g/mol. The zero-order valence-electron chi connectivity index (χ0n) is 23.0. The third kappa shape index (κ3) is 4.27. The van der Waals surface area contributed by atoms with E-state index in [2.05, 4.69) is 109 Å². The Morgan fingerprint density at radius 2 is 1.42 bits per heavy atom. The van der Waals surface area contributed by atoms with E-state index in [1.807, 2.05) is 11.3 Å². The second-order valence-electron chi connectivity index (χ2n) is 12.2. The maximum Gasteiger partial charge on any atom is 0.116 e. The van der Waals surface area contributed by atoms with Gasteiger partial charge in [-0.1, -0.05) is 92.1 Å². The first kappa shape index (κ1) is 25.1. The Morgan fingerprint density at radius 1 is 0.750 bits per heavy atom. The summed E-state index contributed by atoms with van der Waals surface area (Å²) in [6.07, 6.45) is 1.75. The maximum absolute atomic E-state index is 4.87. The van der Waals surface area contributed by atoms with E-state index in [4.69, 9.17) is 9.97 Å². The highest BCUT2D eigenvalue weighted by Crippen LogP contribution is 2.43. The van der Waals surface area contributed by atoms with Crippen LogP contribution in [0.1, 0.15) is 16.7 Å². The van der Waals surface area contributed by atoms with Crippen LogP contribution in [0.4, 0.5) is 0 Å². The lowest BCUT2D eigenvalue weighted by Gasteiger charge is -2.21. The second-order valence-corrected chi connectivity index (χ2v) is 23.3. The van der Waals surface area contributed by atoms with Crippen molar-refractivity contribution in [3.05, 3.63) is 71.5 Å². The van der Waals surface area contributed by atoms with Gasteiger partial charge in [0.1, 0.15) is 6.33 Å². The van der Waals surface area contributed by atoms with E-state index in [-0.39, 0.29) is 0 Å². The molecular weight excluding hydrogens is 489 g/mol. The number of benzene rings is 3. The van der Waals surface area contributed by atoms with Crippen LogP contribution < -0.4 is 10.4 Å². The molecule has 2 heterocycles. The molecule has 36 heavy (non-hydrogen) atoms. The van der Waals surface area contributed by atoms with Gasteiger partial charge in [-0.2, -0.15) is 0 Å². The lowest BCUT2D eigenvalue weighted by atomic mass is 9.99. The number of hydrogen-bond acceptors (Lipinski definition) is 3. The van der Waals surface area contributed by atoms with Crippen LogP contribution in [0, 0.1) is 20.8 Å². The smallest absolute Gasteiger partial charge is 0.116 e. The van der Waals surface area contributed by atoms with Crippen molar-refractivity contribution >= 4 is 58.8 Å². The Morgan fingerprint density at radius 3 is 2.06 bits per heavy atom. The molecule has 0 saturated heterocycles. The Labute approximate surface area is 221 Å². The number of fused-ring (bicyclic) bond motifs is 2. The van der Waals surface area contributed by atoms with Gasteiger partial charge in [-0.3, -0.25) is 0 Å². The Kier molecular flexibility index (Phi) is 6.09. The normalized spacial score (nSPS) is 12.6. The number of thiophene rings is 1. The number of nitrogens with zero attached hydrogens (tertiary/aromatic N) is 2. The van der Waals surface area contributed by atoms with E-state index in [1.54, 1.807) is 6.33 Å². The lowest BCUT2D eigenvalue weighted by Crippen LogP contribution is -2.38. The number of aromatic nitrogens is 2. The van der Waals surface area contributed by atoms with Crippen molar-refractivity contribution < 1.29 is 0 Å². The van der Waals surface area contributed by atoms with Gasteiger partial charge in [0.2, 0.25) is 0 Å². The summed E-state index contributed by atoms with van der Waals surface area (Å²) in [7, 11) is -2.94. The minimum atomic E-state index is -1.56. The van der Waals surface area contributed by atoms with E-state index in [0.717, 1.165) is 11.2 Å². The lowest BCUT2D eigenvalue weighted by molar-refractivity contribution is 1.22. The standard InChI is InChI=1S/C31H36N2SSi2/c1-19-14-24(35(4,5)6)15-20(2)27(19)30-21(3)28-31(34-30)29(33-18-32-28)23-16-22-12-10-11-13-25(22)26(17-23)36(7,8)9/h10-18H,1-9H3. The Hall–Kier alpha value is -2.61. The van der Waals surface area contributed by atoms with Gasteiger partial charge in [0, 0.05) is 10.4 Å². The highest BCUT2D eigenvalue weighted by Gasteiger charge is 2.24. The molecule has 3 aromatic carbocycles. The fraction of sp³-hybridized carbons (Fsp3) is 0.290. The van der Waals surface area contributed by atoms with Gasteiger partial charge in [0.05, 0.1) is 32.1 Å². The molecule has 0 aliphatic heterocycles. The van der Waals surface area contributed by atoms with E-state index < -0.39 is 16.1 Å². The van der Waals surface area contributed by atoms with Crippen molar-refractivity contribution in [3.8, 4) is 21.7 Å². The van der Waals surface area contributed by atoms with Crippen molar-refractivity contribution in [2.45, 2.75) is 60.1 Å². The predicted octanol–water partition coefficient (Wildman–Crippen LogP) is 8.19. The monoisotopic (exact) mass is 524 g/mol. The first-order chi connectivity index (χ1) is 16.9. The number of rotatable bonds is 4. The minimum Gasteiger partial charge on any atom is -0.235 e. The van der Waals surface area contributed by atoms with Crippen LogP contribution in [0.5, 0.6) is 0 Å². The molecule has 0 saturated carbocycles. The predicted molar refractivity (Wildman–Crippen MR) is 166 cm³/mol. The fourth-order valence-electron chi connectivity index (χ4n) is 5.29. The third-order valence-corrected chi connectivity index (χ3v) is 12.6. The van der Waals surface area contributed by atoms with Crippen molar-refractivity contribution in [1.82, 2.24) is 9.97 Å². The molecule has 2 aromatic heterocycles. The van der Waals surface area contributed by atoms with Crippen LogP contribution in [-0.2, 0) is 0 Å². The summed E-state index contributed by atoms with van der Waals surface area (Å²) < 4.78 is 1.19. The summed E-state index contributed by atoms with van der Waals surface area (Å²) in [4.78, 5) is 11.0. The first-order valence-corrected chi connectivity index (χ1v) is 20.6. The zero-order chi connectivity index (χ0) is 26.0. The van der Waals surface area contributed by atoms with Crippen molar-refractivity contribution in [2.24, 2.45) is 0 Å². The van der Waals surface area contributed by atoms with Crippen LogP contribution in [0.2, 0.25) is 39.3 Å². The summed E-state index contributed by atoms with van der Waals surface area (Å²) in [6, 6.07) is 18.4. The van der Waals surface area contributed by atoms with E-state index in [0.29, 0.717) is 0 Å². The average Bonchev–Trinajstić information content (AvgIpc) is 3.13. The molecule has 5 rings (SSSR count). The molecule has 5 aromatic rings. The van der Waals surface area contributed by atoms with Crippen molar-refractivity contribution in [2.75, 3.05) is 0 Å². The van der Waals surface area contributed by atoms with Crippen LogP contribution >= 0.6 is 11.3 Å². The molecule has 0 N–H and O–H groups in total. The van der Waals surface area contributed by atoms with Crippen molar-refractivity contribution in [3.63, 3.8) is 0 Å². The molecule has 0 amide bonds. The molecule has 2 nitrogen and oxygen atoms in total. The van der Waals surface area contributed by atoms with E-state index in [9.17, 15) is 0 Å². The van der Waals surface area contributed by atoms with Crippen LogP contribution in [-0.4, -0.2) is 26.1 Å². The Bertz CT molecular complexity index is 1610. The molecule has 184 valence electrons. The fourth-order valence-corrected chi connectivity index (χ4v) is 9.66.